The number of hydrogen-bond donors (Lipinski definition) is 0. The lowest BCUT2D eigenvalue weighted by Crippen LogP contribution is -2.13. The van der Waals surface area contributed by atoms with Crippen molar-refractivity contribution in [3.63, 3.8) is 0 Å². The molecule has 2 rings (SSSR count). The fourth-order valence-electron chi connectivity index (χ4n) is 1.71. The third kappa shape index (κ3) is 2.81. The highest BCUT2D eigenvalue weighted by molar-refractivity contribution is 7.99. The average molecular weight is 226 g/mol. The molecule has 1 aromatic heterocycles. The lowest BCUT2D eigenvalue weighted by molar-refractivity contribution is 0.0972. The highest BCUT2D eigenvalue weighted by Gasteiger charge is 2.18. The summed E-state index contributed by atoms with van der Waals surface area (Å²) >= 11 is 1.98. The van der Waals surface area contributed by atoms with Crippen LogP contribution in [-0.2, 0) is 6.42 Å². The number of rotatable bonds is 3. The first kappa shape index (κ1) is 10.7. The number of aromatic nitrogens is 2. The van der Waals surface area contributed by atoms with Gasteiger partial charge in [0.15, 0.2) is 5.82 Å². The van der Waals surface area contributed by atoms with Crippen LogP contribution in [0.5, 0.6) is 0 Å². The number of hydrogen-bond acceptors (Lipinski definition) is 5. The summed E-state index contributed by atoms with van der Waals surface area (Å²) < 4.78 is 4.85. The Hall–Kier alpha value is -0.840. The van der Waals surface area contributed by atoms with Crippen LogP contribution in [0.1, 0.15) is 36.3 Å². The van der Waals surface area contributed by atoms with Crippen LogP contribution in [0, 0.1) is 5.92 Å². The van der Waals surface area contributed by atoms with Crippen LogP contribution >= 0.6 is 11.8 Å². The van der Waals surface area contributed by atoms with Crippen LogP contribution in [0.25, 0.3) is 0 Å². The molecular formula is C10H14N2O2S. The molecule has 0 N–H and O–H groups in total. The van der Waals surface area contributed by atoms with Crippen LogP contribution in [0.15, 0.2) is 4.52 Å². The van der Waals surface area contributed by atoms with Gasteiger partial charge in [0.1, 0.15) is 0 Å². The SMILES string of the molecule is CC(=O)c1nc(CC2CCCSC2)no1. The molecule has 1 aromatic rings. The minimum absolute atomic E-state index is 0.133. The third-order valence-electron chi connectivity index (χ3n) is 2.50. The fourth-order valence-corrected chi connectivity index (χ4v) is 2.86. The predicted molar refractivity (Wildman–Crippen MR) is 58.1 cm³/mol. The van der Waals surface area contributed by atoms with E-state index in [9.17, 15) is 4.79 Å². The first-order valence-electron chi connectivity index (χ1n) is 5.17. The average Bonchev–Trinajstić information content (AvgIpc) is 2.68. The summed E-state index contributed by atoms with van der Waals surface area (Å²) in [4.78, 5) is 15.0. The van der Waals surface area contributed by atoms with E-state index in [0.29, 0.717) is 11.7 Å². The molecule has 2 heterocycles. The number of ketones is 1. The van der Waals surface area contributed by atoms with Gasteiger partial charge in [-0.3, -0.25) is 4.79 Å². The van der Waals surface area contributed by atoms with Gasteiger partial charge in [-0.2, -0.15) is 16.7 Å². The molecule has 4 nitrogen and oxygen atoms in total. The minimum atomic E-state index is -0.160. The Morgan fingerprint density at radius 1 is 1.67 bits per heavy atom. The van der Waals surface area contributed by atoms with Gasteiger partial charge in [0.05, 0.1) is 0 Å². The lowest BCUT2D eigenvalue weighted by atomic mass is 10.0. The number of Topliss-reactive ketones (excluding diaryl/α,β-unsaturated/α-hetero) is 1. The molecular weight excluding hydrogens is 212 g/mol. The zero-order valence-corrected chi connectivity index (χ0v) is 9.55. The second-order valence-electron chi connectivity index (χ2n) is 3.86. The van der Waals surface area contributed by atoms with Gasteiger partial charge in [0, 0.05) is 13.3 Å². The molecule has 1 atom stereocenters. The quantitative estimate of drug-likeness (QED) is 0.737. The normalized spacial score (nSPS) is 21.5. The van der Waals surface area contributed by atoms with E-state index in [1.165, 1.54) is 31.3 Å². The third-order valence-corrected chi connectivity index (χ3v) is 3.78. The van der Waals surface area contributed by atoms with Gasteiger partial charge in [0.25, 0.3) is 5.89 Å². The Bertz CT molecular complexity index is 345. The summed E-state index contributed by atoms with van der Waals surface area (Å²) in [5.74, 6) is 3.72. The van der Waals surface area contributed by atoms with Gasteiger partial charge < -0.3 is 4.52 Å². The van der Waals surface area contributed by atoms with E-state index < -0.39 is 0 Å². The summed E-state index contributed by atoms with van der Waals surface area (Å²) in [5, 5.41) is 3.82. The molecule has 1 unspecified atom stereocenters. The Balaban J connectivity index is 1.94. The molecule has 82 valence electrons. The van der Waals surface area contributed by atoms with E-state index in [1.807, 2.05) is 11.8 Å². The summed E-state index contributed by atoms with van der Waals surface area (Å²) in [6.45, 7) is 1.44. The van der Waals surface area contributed by atoms with Crippen LogP contribution in [0.3, 0.4) is 0 Å². The number of carbonyl (C=O) groups is 1. The van der Waals surface area contributed by atoms with Crippen LogP contribution in [0.4, 0.5) is 0 Å². The zero-order chi connectivity index (χ0) is 10.7. The first-order valence-corrected chi connectivity index (χ1v) is 6.32. The van der Waals surface area contributed by atoms with E-state index in [2.05, 4.69) is 10.1 Å². The zero-order valence-electron chi connectivity index (χ0n) is 8.73. The Labute approximate surface area is 92.8 Å². The molecule has 15 heavy (non-hydrogen) atoms. The van der Waals surface area contributed by atoms with Gasteiger partial charge >= 0.3 is 0 Å². The highest BCUT2D eigenvalue weighted by atomic mass is 32.2. The van der Waals surface area contributed by atoms with Crippen molar-refractivity contribution in [1.82, 2.24) is 10.1 Å². The van der Waals surface area contributed by atoms with Crippen molar-refractivity contribution < 1.29 is 9.32 Å². The molecule has 0 spiro atoms. The van der Waals surface area contributed by atoms with E-state index >= 15 is 0 Å². The van der Waals surface area contributed by atoms with Crippen LogP contribution < -0.4 is 0 Å². The molecule has 0 amide bonds. The predicted octanol–water partition coefficient (Wildman–Crippen LogP) is 1.96. The van der Waals surface area contributed by atoms with Crippen molar-refractivity contribution in [2.75, 3.05) is 11.5 Å². The number of thioether (sulfide) groups is 1. The summed E-state index contributed by atoms with van der Waals surface area (Å²) in [7, 11) is 0. The van der Waals surface area contributed by atoms with Crippen LogP contribution in [0.2, 0.25) is 0 Å². The standard InChI is InChI=1S/C10H14N2O2S/c1-7(13)10-11-9(12-14-10)5-8-3-2-4-15-6-8/h8H,2-6H2,1H3. The maximum absolute atomic E-state index is 11.0. The maximum Gasteiger partial charge on any atom is 0.293 e. The second-order valence-corrected chi connectivity index (χ2v) is 5.01. The van der Waals surface area contributed by atoms with E-state index in [4.69, 9.17) is 4.52 Å². The summed E-state index contributed by atoms with van der Waals surface area (Å²) in [6, 6.07) is 0. The summed E-state index contributed by atoms with van der Waals surface area (Å²) in [5.41, 5.74) is 0. The molecule has 5 heteroatoms. The lowest BCUT2D eigenvalue weighted by Gasteiger charge is -2.19. The van der Waals surface area contributed by atoms with E-state index in [1.54, 1.807) is 0 Å². The fraction of sp³-hybridized carbons (Fsp3) is 0.700. The Morgan fingerprint density at radius 2 is 2.53 bits per heavy atom. The highest BCUT2D eigenvalue weighted by Crippen LogP contribution is 2.24. The molecule has 1 aliphatic rings. The summed E-state index contributed by atoms with van der Waals surface area (Å²) in [6.07, 6.45) is 3.34. The molecule has 0 radical (unpaired) electrons. The molecule has 1 saturated heterocycles. The molecule has 0 saturated carbocycles. The monoisotopic (exact) mass is 226 g/mol. The van der Waals surface area contributed by atoms with Crippen molar-refractivity contribution in [3.05, 3.63) is 11.7 Å². The van der Waals surface area contributed by atoms with Crippen molar-refractivity contribution in [2.45, 2.75) is 26.2 Å². The van der Waals surface area contributed by atoms with Gasteiger partial charge in [-0.25, -0.2) is 0 Å². The first-order chi connectivity index (χ1) is 7.25. The van der Waals surface area contributed by atoms with Crippen molar-refractivity contribution in [3.8, 4) is 0 Å². The van der Waals surface area contributed by atoms with Crippen LogP contribution in [-0.4, -0.2) is 27.4 Å². The van der Waals surface area contributed by atoms with Crippen molar-refractivity contribution in [2.24, 2.45) is 5.92 Å². The molecule has 0 aliphatic carbocycles. The maximum atomic E-state index is 11.0. The van der Waals surface area contributed by atoms with Gasteiger partial charge in [0.2, 0.25) is 5.78 Å². The molecule has 0 bridgehead atoms. The topological polar surface area (TPSA) is 56.0 Å². The molecule has 1 fully saturated rings. The molecule has 1 aliphatic heterocycles. The number of carbonyl (C=O) groups excluding carboxylic acids is 1. The largest absolute Gasteiger partial charge is 0.331 e. The van der Waals surface area contributed by atoms with Gasteiger partial charge in [-0.1, -0.05) is 5.16 Å². The molecule has 0 aromatic carbocycles. The van der Waals surface area contributed by atoms with E-state index in [0.717, 1.165) is 6.42 Å². The smallest absolute Gasteiger partial charge is 0.293 e. The van der Waals surface area contributed by atoms with Crippen molar-refractivity contribution in [1.29, 1.82) is 0 Å². The Kier molecular flexibility index (Phi) is 3.41. The minimum Gasteiger partial charge on any atom is -0.331 e. The second kappa shape index (κ2) is 4.79. The number of nitrogens with zero attached hydrogens (tertiary/aromatic N) is 2. The Morgan fingerprint density at radius 3 is 3.13 bits per heavy atom. The van der Waals surface area contributed by atoms with Crippen molar-refractivity contribution >= 4 is 17.5 Å². The van der Waals surface area contributed by atoms with Gasteiger partial charge in [-0.15, -0.1) is 0 Å². The van der Waals surface area contributed by atoms with Gasteiger partial charge in [-0.05, 0) is 30.3 Å². The van der Waals surface area contributed by atoms with E-state index in [-0.39, 0.29) is 11.7 Å².